The molecule has 1 aromatic rings. The van der Waals surface area contributed by atoms with E-state index in [0.717, 1.165) is 49.9 Å². The number of rotatable bonds is 19. The van der Waals surface area contributed by atoms with Crippen molar-refractivity contribution in [1.29, 1.82) is 0 Å². The number of hydrogen-bond donors (Lipinski definition) is 4. The van der Waals surface area contributed by atoms with Gasteiger partial charge in [0.2, 0.25) is 30.5 Å². The number of anilines is 1. The second-order valence-corrected chi connectivity index (χ2v) is 8.99. The van der Waals surface area contributed by atoms with E-state index in [1.807, 2.05) is 19.1 Å². The van der Waals surface area contributed by atoms with Gasteiger partial charge in [-0.1, -0.05) is 25.0 Å². The molecule has 1 aliphatic rings. The molecule has 0 aliphatic carbocycles. The van der Waals surface area contributed by atoms with Crippen molar-refractivity contribution in [2.75, 3.05) is 38.2 Å². The molecular weight excluding hydrogens is 478 g/mol. The van der Waals surface area contributed by atoms with Crippen LogP contribution in [0.25, 0.3) is 0 Å². The van der Waals surface area contributed by atoms with Crippen LogP contribution in [0.4, 0.5) is 5.69 Å². The summed E-state index contributed by atoms with van der Waals surface area (Å²) >= 11 is 0. The average molecular weight is 518 g/mol. The molecule has 1 aromatic carbocycles. The van der Waals surface area contributed by atoms with Gasteiger partial charge in [-0.3, -0.25) is 29.3 Å². The summed E-state index contributed by atoms with van der Waals surface area (Å²) in [4.78, 5) is 59.5. The Labute approximate surface area is 218 Å². The van der Waals surface area contributed by atoms with E-state index in [9.17, 15) is 24.0 Å². The van der Waals surface area contributed by atoms with Crippen LogP contribution in [0.3, 0.4) is 0 Å². The molecule has 1 saturated heterocycles. The Kier molecular flexibility index (Phi) is 13.9. The van der Waals surface area contributed by atoms with Gasteiger partial charge >= 0.3 is 0 Å². The predicted octanol–water partition coefficient (Wildman–Crippen LogP) is 1.000. The number of aryl methyl sites for hydroxylation is 1. The number of imide groups is 1. The largest absolute Gasteiger partial charge is 0.378 e. The number of piperidine rings is 1. The van der Waals surface area contributed by atoms with Gasteiger partial charge in [0.05, 0.1) is 13.2 Å². The van der Waals surface area contributed by atoms with Gasteiger partial charge in [0.15, 0.2) is 0 Å². The number of carbonyl (C=O) groups is 5. The van der Waals surface area contributed by atoms with Gasteiger partial charge in [-0.25, -0.2) is 0 Å². The molecule has 2 rings (SSSR count). The Morgan fingerprint density at radius 2 is 1.89 bits per heavy atom. The Morgan fingerprint density at radius 3 is 2.65 bits per heavy atom. The molecule has 4 N–H and O–H groups in total. The summed E-state index contributed by atoms with van der Waals surface area (Å²) in [5, 5.41) is 11.1. The average Bonchev–Trinajstić information content (AvgIpc) is 2.87. The van der Waals surface area contributed by atoms with Crippen molar-refractivity contribution in [3.05, 3.63) is 29.3 Å². The Morgan fingerprint density at radius 1 is 1.11 bits per heavy atom. The lowest BCUT2D eigenvalue weighted by Gasteiger charge is -2.31. The van der Waals surface area contributed by atoms with Gasteiger partial charge < -0.3 is 25.6 Å². The topological polar surface area (TPSA) is 146 Å². The maximum absolute atomic E-state index is 12.6. The van der Waals surface area contributed by atoms with Gasteiger partial charge in [0, 0.05) is 38.2 Å². The molecular formula is C26H39N5O6. The Hall–Kier alpha value is -3.31. The smallest absolute Gasteiger partial charge is 0.249 e. The molecule has 11 nitrogen and oxygen atoms in total. The second-order valence-electron chi connectivity index (χ2n) is 8.99. The quantitative estimate of drug-likeness (QED) is 0.122. The SMILES string of the molecule is Cc1cccc(NC(=O)CCCCCCNCCOCCNC=O)c1CN(C=O)C1CCC(=O)NC1=O. The van der Waals surface area contributed by atoms with E-state index in [4.69, 9.17) is 4.74 Å². The molecule has 0 spiro atoms. The molecule has 1 fully saturated rings. The highest BCUT2D eigenvalue weighted by Gasteiger charge is 2.31. The van der Waals surface area contributed by atoms with Crippen LogP contribution in [0.15, 0.2) is 18.2 Å². The standard InChI is InChI=1S/C26H39N5O6/c1-20-7-6-8-22(21(20)17-31(19-33)23-10-11-25(35)30-26(23)36)29-24(34)9-4-2-3-5-12-27-13-15-37-16-14-28-18-32/h6-8,18-19,23,27H,2-5,9-17H2,1H3,(H,28,32)(H,29,34)(H,30,35,36). The van der Waals surface area contributed by atoms with Crippen molar-refractivity contribution in [2.24, 2.45) is 0 Å². The highest BCUT2D eigenvalue weighted by molar-refractivity contribution is 6.01. The van der Waals surface area contributed by atoms with Crippen molar-refractivity contribution in [2.45, 2.75) is 64.5 Å². The van der Waals surface area contributed by atoms with Crippen LogP contribution in [0.2, 0.25) is 0 Å². The third kappa shape index (κ3) is 11.1. The number of unbranched alkanes of at least 4 members (excludes halogenated alkanes) is 3. The fourth-order valence-electron chi connectivity index (χ4n) is 4.09. The zero-order valence-corrected chi connectivity index (χ0v) is 21.6. The summed E-state index contributed by atoms with van der Waals surface area (Å²) in [6, 6.07) is 4.81. The van der Waals surface area contributed by atoms with Crippen LogP contribution in [-0.2, 0) is 35.3 Å². The van der Waals surface area contributed by atoms with Crippen molar-refractivity contribution in [3.8, 4) is 0 Å². The summed E-state index contributed by atoms with van der Waals surface area (Å²) in [5.41, 5.74) is 2.28. The van der Waals surface area contributed by atoms with Crippen LogP contribution < -0.4 is 21.3 Å². The van der Waals surface area contributed by atoms with Crippen LogP contribution >= 0.6 is 0 Å². The minimum absolute atomic E-state index is 0.0927. The van der Waals surface area contributed by atoms with Crippen LogP contribution in [0.1, 0.15) is 56.1 Å². The van der Waals surface area contributed by atoms with Gasteiger partial charge in [-0.15, -0.1) is 0 Å². The molecule has 0 saturated carbocycles. The first-order chi connectivity index (χ1) is 18.0. The van der Waals surface area contributed by atoms with E-state index in [-0.39, 0.29) is 31.2 Å². The zero-order chi connectivity index (χ0) is 26.9. The summed E-state index contributed by atoms with van der Waals surface area (Å²) in [5.74, 6) is -0.905. The molecule has 37 heavy (non-hydrogen) atoms. The Balaban J connectivity index is 1.70. The minimum atomic E-state index is -0.717. The Bertz CT molecular complexity index is 909. The van der Waals surface area contributed by atoms with Crippen molar-refractivity contribution >= 4 is 36.2 Å². The molecule has 11 heteroatoms. The monoisotopic (exact) mass is 517 g/mol. The zero-order valence-electron chi connectivity index (χ0n) is 21.6. The normalized spacial score (nSPS) is 15.1. The van der Waals surface area contributed by atoms with Crippen molar-refractivity contribution in [3.63, 3.8) is 0 Å². The number of nitrogens with zero attached hydrogens (tertiary/aromatic N) is 1. The predicted molar refractivity (Wildman–Crippen MR) is 138 cm³/mol. The van der Waals surface area contributed by atoms with E-state index < -0.39 is 11.9 Å². The van der Waals surface area contributed by atoms with Gasteiger partial charge in [-0.2, -0.15) is 0 Å². The van der Waals surface area contributed by atoms with E-state index in [0.29, 0.717) is 44.7 Å². The summed E-state index contributed by atoms with van der Waals surface area (Å²) in [6.07, 6.45) is 5.87. The van der Waals surface area contributed by atoms with Crippen LogP contribution in [-0.4, -0.2) is 74.3 Å². The second kappa shape index (κ2) is 17.2. The lowest BCUT2D eigenvalue weighted by molar-refractivity contribution is -0.141. The fraction of sp³-hybridized carbons (Fsp3) is 0.577. The van der Waals surface area contributed by atoms with E-state index in [1.165, 1.54) is 4.90 Å². The fourth-order valence-corrected chi connectivity index (χ4v) is 4.09. The lowest BCUT2D eigenvalue weighted by atomic mass is 10.0. The van der Waals surface area contributed by atoms with Crippen molar-refractivity contribution in [1.82, 2.24) is 20.9 Å². The van der Waals surface area contributed by atoms with Gasteiger partial charge in [-0.05, 0) is 49.9 Å². The molecule has 0 bridgehead atoms. The molecule has 1 unspecified atom stereocenters. The summed E-state index contributed by atoms with van der Waals surface area (Å²) in [6.45, 7) is 5.31. The first-order valence-corrected chi connectivity index (χ1v) is 12.8. The third-order valence-corrected chi connectivity index (χ3v) is 6.18. The summed E-state index contributed by atoms with van der Waals surface area (Å²) < 4.78 is 5.36. The third-order valence-electron chi connectivity index (χ3n) is 6.18. The number of benzene rings is 1. The minimum Gasteiger partial charge on any atom is -0.378 e. The maximum Gasteiger partial charge on any atom is 0.249 e. The molecule has 1 aliphatic heterocycles. The molecule has 1 atom stereocenters. The number of carbonyl (C=O) groups excluding carboxylic acids is 5. The van der Waals surface area contributed by atoms with Gasteiger partial charge in [0.25, 0.3) is 0 Å². The van der Waals surface area contributed by atoms with Crippen LogP contribution in [0, 0.1) is 6.92 Å². The molecule has 5 amide bonds. The van der Waals surface area contributed by atoms with E-state index in [2.05, 4.69) is 21.3 Å². The first-order valence-electron chi connectivity index (χ1n) is 12.8. The van der Waals surface area contributed by atoms with E-state index >= 15 is 0 Å². The van der Waals surface area contributed by atoms with E-state index in [1.54, 1.807) is 6.07 Å². The number of ether oxygens (including phenoxy) is 1. The highest BCUT2D eigenvalue weighted by Crippen LogP contribution is 2.24. The van der Waals surface area contributed by atoms with Crippen molar-refractivity contribution < 1.29 is 28.7 Å². The van der Waals surface area contributed by atoms with Crippen LogP contribution in [0.5, 0.6) is 0 Å². The molecule has 204 valence electrons. The number of hydrogen-bond acceptors (Lipinski definition) is 7. The van der Waals surface area contributed by atoms with Gasteiger partial charge in [0.1, 0.15) is 6.04 Å². The summed E-state index contributed by atoms with van der Waals surface area (Å²) in [7, 11) is 0. The molecule has 0 aromatic heterocycles. The first kappa shape index (κ1) is 29.9. The maximum atomic E-state index is 12.6. The molecule has 0 radical (unpaired) electrons. The number of nitrogens with one attached hydrogen (secondary N) is 4. The number of amides is 5. The molecule has 1 heterocycles. The lowest BCUT2D eigenvalue weighted by Crippen LogP contribution is -2.51. The highest BCUT2D eigenvalue weighted by atomic mass is 16.5.